The molecule has 1 spiro atoms. The van der Waals surface area contributed by atoms with E-state index in [1.165, 1.54) is 16.7 Å². The van der Waals surface area contributed by atoms with Crippen molar-refractivity contribution >= 4 is 51.2 Å². The Morgan fingerprint density at radius 1 is 1.39 bits per heavy atom. The van der Waals surface area contributed by atoms with E-state index in [0.29, 0.717) is 24.3 Å². The summed E-state index contributed by atoms with van der Waals surface area (Å²) in [5, 5.41) is 19.1. The quantitative estimate of drug-likeness (QED) is 0.366. The maximum Gasteiger partial charge on any atom is 0.308 e. The normalized spacial score (nSPS) is 32.0. The number of rotatable bonds is 9. The number of ether oxygens (including phenoxy) is 1. The number of likely N-dealkylation sites (tertiary alicyclic amines) is 1. The summed E-state index contributed by atoms with van der Waals surface area (Å²) in [4.78, 5) is 42.9. The minimum atomic E-state index is -1.01. The Kier molecular flexibility index (Phi) is 6.80. The summed E-state index contributed by atoms with van der Waals surface area (Å²) in [5.41, 5.74) is 0.637. The maximum absolute atomic E-state index is 14.1. The van der Waals surface area contributed by atoms with Crippen molar-refractivity contribution in [3.8, 4) is 5.75 Å². The predicted molar refractivity (Wildman–Crippen MR) is 129 cm³/mol. The summed E-state index contributed by atoms with van der Waals surface area (Å²) in [5.74, 6) is -2.56. The van der Waals surface area contributed by atoms with E-state index in [0.717, 1.165) is 0 Å². The molecule has 10 heteroatoms. The number of carbonyl (C=O) groups is 3. The molecule has 0 aromatic heterocycles. The number of alkyl halides is 1. The van der Waals surface area contributed by atoms with Crippen LogP contribution in [0.4, 0.5) is 5.69 Å². The van der Waals surface area contributed by atoms with Crippen LogP contribution in [0.25, 0.3) is 0 Å². The van der Waals surface area contributed by atoms with Crippen molar-refractivity contribution in [2.75, 3.05) is 31.7 Å². The molecule has 178 valence electrons. The average molecular weight is 539 g/mol. The van der Waals surface area contributed by atoms with E-state index in [1.54, 1.807) is 42.4 Å². The first-order valence-corrected chi connectivity index (χ1v) is 12.6. The van der Waals surface area contributed by atoms with E-state index in [2.05, 4.69) is 22.5 Å². The highest BCUT2D eigenvalue weighted by atomic mass is 79.9. The highest BCUT2D eigenvalue weighted by molar-refractivity contribution is 9.09. The fraction of sp³-hybridized carbons (Fsp3) is 0.522. The maximum atomic E-state index is 14.1. The zero-order chi connectivity index (χ0) is 23.9. The van der Waals surface area contributed by atoms with Gasteiger partial charge in [-0.25, -0.2) is 0 Å². The van der Waals surface area contributed by atoms with Gasteiger partial charge in [-0.1, -0.05) is 22.0 Å². The third-order valence-electron chi connectivity index (χ3n) is 6.83. The molecule has 3 saturated heterocycles. The van der Waals surface area contributed by atoms with E-state index >= 15 is 0 Å². The van der Waals surface area contributed by atoms with Gasteiger partial charge in [0.05, 0.1) is 23.7 Å². The zero-order valence-electron chi connectivity index (χ0n) is 18.2. The number of hydrogen-bond acceptors (Lipinski definition) is 6. The number of halogens is 1. The summed E-state index contributed by atoms with van der Waals surface area (Å²) in [7, 11) is 1.56. The number of amides is 2. The molecule has 6 atom stereocenters. The van der Waals surface area contributed by atoms with Crippen molar-refractivity contribution in [3.05, 3.63) is 36.9 Å². The van der Waals surface area contributed by atoms with Gasteiger partial charge >= 0.3 is 5.97 Å². The number of carboxylic acids is 1. The summed E-state index contributed by atoms with van der Waals surface area (Å²) in [6.45, 7) is 4.09. The fourth-order valence-electron chi connectivity index (χ4n) is 5.53. The van der Waals surface area contributed by atoms with Crippen LogP contribution >= 0.6 is 27.7 Å². The number of aliphatic carboxylic acids is 1. The van der Waals surface area contributed by atoms with Crippen LogP contribution in [0.5, 0.6) is 5.75 Å². The Hall–Kier alpha value is -2.04. The number of fused-ring (bicyclic) bond motifs is 1. The van der Waals surface area contributed by atoms with Gasteiger partial charge in [0.1, 0.15) is 11.8 Å². The van der Waals surface area contributed by atoms with Crippen LogP contribution < -0.4 is 9.64 Å². The lowest BCUT2D eigenvalue weighted by atomic mass is 9.71. The van der Waals surface area contributed by atoms with Crippen LogP contribution in [0.3, 0.4) is 0 Å². The number of methoxy groups -OCH3 is 1. The molecule has 33 heavy (non-hydrogen) atoms. The van der Waals surface area contributed by atoms with Gasteiger partial charge in [-0.2, -0.15) is 0 Å². The topological polar surface area (TPSA) is 107 Å². The second kappa shape index (κ2) is 9.31. The van der Waals surface area contributed by atoms with Crippen molar-refractivity contribution in [2.24, 2.45) is 11.8 Å². The second-order valence-electron chi connectivity index (χ2n) is 8.55. The lowest BCUT2D eigenvalue weighted by Crippen LogP contribution is -2.55. The minimum absolute atomic E-state index is 0.102. The van der Waals surface area contributed by atoms with Gasteiger partial charge < -0.3 is 24.7 Å². The lowest BCUT2D eigenvalue weighted by Gasteiger charge is -2.37. The SMILES string of the molecule is C=CCN(C(=O)C1N(CCCO)C(=O)[C@@H]2[C@@H](C(=O)O)[C@@H]3SC12CC3Br)c1ccc(OC)cc1. The van der Waals surface area contributed by atoms with Crippen molar-refractivity contribution in [3.63, 3.8) is 0 Å². The molecule has 0 saturated carbocycles. The Balaban J connectivity index is 1.77. The number of nitrogens with zero attached hydrogens (tertiary/aromatic N) is 2. The molecule has 0 aliphatic carbocycles. The largest absolute Gasteiger partial charge is 0.497 e. The third kappa shape index (κ3) is 3.76. The molecule has 2 N–H and O–H groups in total. The molecule has 4 rings (SSSR count). The molecule has 2 bridgehead atoms. The molecule has 3 unspecified atom stereocenters. The molecular formula is C23H27BrN2O6S. The predicted octanol–water partition coefficient (Wildman–Crippen LogP) is 2.15. The Morgan fingerprint density at radius 3 is 2.67 bits per heavy atom. The number of hydrogen-bond donors (Lipinski definition) is 2. The van der Waals surface area contributed by atoms with Crippen LogP contribution in [0.1, 0.15) is 12.8 Å². The fourth-order valence-corrected chi connectivity index (χ4v) is 9.13. The van der Waals surface area contributed by atoms with Gasteiger partial charge in [-0.15, -0.1) is 18.3 Å². The average Bonchev–Trinajstić information content (AvgIpc) is 3.39. The van der Waals surface area contributed by atoms with Gasteiger partial charge in [0.25, 0.3) is 5.91 Å². The molecule has 1 aromatic rings. The summed E-state index contributed by atoms with van der Waals surface area (Å²) < 4.78 is 4.39. The number of anilines is 1. The molecule has 0 radical (unpaired) electrons. The van der Waals surface area contributed by atoms with Gasteiger partial charge in [0, 0.05) is 35.5 Å². The van der Waals surface area contributed by atoms with Crippen molar-refractivity contribution in [1.82, 2.24) is 4.90 Å². The molecular weight excluding hydrogens is 512 g/mol. The first kappa shape index (κ1) is 24.1. The van der Waals surface area contributed by atoms with Gasteiger partial charge in [-0.3, -0.25) is 14.4 Å². The second-order valence-corrected chi connectivity index (χ2v) is 11.3. The Morgan fingerprint density at radius 2 is 2.09 bits per heavy atom. The number of thioether (sulfide) groups is 1. The number of carboxylic acid groups (broad SMARTS) is 1. The highest BCUT2D eigenvalue weighted by Gasteiger charge is 2.76. The molecule has 3 heterocycles. The van der Waals surface area contributed by atoms with Crippen LogP contribution in [-0.2, 0) is 14.4 Å². The summed E-state index contributed by atoms with van der Waals surface area (Å²) in [6.07, 6.45) is 2.46. The van der Waals surface area contributed by atoms with E-state index in [9.17, 15) is 24.6 Å². The van der Waals surface area contributed by atoms with Gasteiger partial charge in [0.2, 0.25) is 5.91 Å². The number of aliphatic hydroxyl groups is 1. The monoisotopic (exact) mass is 538 g/mol. The van der Waals surface area contributed by atoms with E-state index < -0.39 is 28.6 Å². The van der Waals surface area contributed by atoms with Gasteiger partial charge in [0.15, 0.2) is 0 Å². The van der Waals surface area contributed by atoms with Crippen LogP contribution in [-0.4, -0.2) is 80.6 Å². The third-order valence-corrected chi connectivity index (χ3v) is 10.0. The molecule has 8 nitrogen and oxygen atoms in total. The van der Waals surface area contributed by atoms with E-state index in [1.807, 2.05) is 0 Å². The molecule has 3 aliphatic heterocycles. The molecule has 1 aromatic carbocycles. The number of benzene rings is 1. The Labute approximate surface area is 205 Å². The molecule has 2 amide bonds. The van der Waals surface area contributed by atoms with Crippen LogP contribution in [0.15, 0.2) is 36.9 Å². The number of aliphatic hydroxyl groups excluding tert-OH is 1. The van der Waals surface area contributed by atoms with Crippen LogP contribution in [0, 0.1) is 11.8 Å². The molecule has 3 fully saturated rings. The smallest absolute Gasteiger partial charge is 0.308 e. The van der Waals surface area contributed by atoms with Gasteiger partial charge in [-0.05, 0) is 37.1 Å². The van der Waals surface area contributed by atoms with Crippen molar-refractivity contribution in [1.29, 1.82) is 0 Å². The first-order chi connectivity index (χ1) is 15.8. The van der Waals surface area contributed by atoms with Crippen molar-refractivity contribution in [2.45, 2.75) is 33.7 Å². The summed E-state index contributed by atoms with van der Waals surface area (Å²) in [6, 6.07) is 6.23. The first-order valence-electron chi connectivity index (χ1n) is 10.8. The number of carbonyl (C=O) groups excluding carboxylic acids is 2. The van der Waals surface area contributed by atoms with E-state index in [4.69, 9.17) is 4.74 Å². The van der Waals surface area contributed by atoms with Crippen LogP contribution in [0.2, 0.25) is 0 Å². The molecule has 3 aliphatic rings. The van der Waals surface area contributed by atoms with Crippen molar-refractivity contribution < 1.29 is 29.3 Å². The minimum Gasteiger partial charge on any atom is -0.497 e. The standard InChI is InChI=1S/C23H27BrN2O6S/c1-3-9-25(13-5-7-14(32-2)8-6-13)21(29)19-23-12-15(24)18(33-23)16(22(30)31)17(23)20(28)26(19)10-4-11-27/h3,5-8,15-19,27H,1,4,9-12H2,2H3,(H,30,31)/t15?,16-,17+,18-,19?,23?/m1/s1. The zero-order valence-corrected chi connectivity index (χ0v) is 20.6. The highest BCUT2D eigenvalue weighted by Crippen LogP contribution is 2.67. The lowest BCUT2D eigenvalue weighted by molar-refractivity contribution is -0.148. The summed E-state index contributed by atoms with van der Waals surface area (Å²) >= 11 is 5.09. The van der Waals surface area contributed by atoms with E-state index in [-0.39, 0.29) is 41.6 Å². The Bertz CT molecular complexity index is 959.